The molecule has 0 N–H and O–H groups in total. The summed E-state index contributed by atoms with van der Waals surface area (Å²) in [5.74, 6) is 0. The molecule has 0 saturated carbocycles. The summed E-state index contributed by atoms with van der Waals surface area (Å²) in [6.45, 7) is 2.76. The number of rotatable bonds is 1. The van der Waals surface area contributed by atoms with Gasteiger partial charge in [-0.15, -0.1) is 0 Å². The highest BCUT2D eigenvalue weighted by Gasteiger charge is 2.13. The van der Waals surface area contributed by atoms with Gasteiger partial charge >= 0.3 is 0 Å². The number of hydrogen-bond acceptors (Lipinski definition) is 1. The van der Waals surface area contributed by atoms with Gasteiger partial charge in [0.25, 0.3) is 0 Å². The second kappa shape index (κ2) is 2.16. The quantitative estimate of drug-likeness (QED) is 0.370. The van der Waals surface area contributed by atoms with Crippen molar-refractivity contribution in [2.45, 2.75) is 26.2 Å². The second-order valence-corrected chi connectivity index (χ2v) is 2.13. The Kier molecular flexibility index (Phi) is 1.51. The lowest BCUT2D eigenvalue weighted by Gasteiger charge is -1.97. The standard InChI is InChI=1S/C6H11NO/c1-2-6-4-3-5-7(6)8/h2-5H2,1H3. The summed E-state index contributed by atoms with van der Waals surface area (Å²) in [4.78, 5) is 0. The first-order valence-electron chi connectivity index (χ1n) is 3.14. The maximum Gasteiger partial charge on any atom is 0.163 e. The topological polar surface area (TPSA) is 26.1 Å². The Hall–Kier alpha value is -0.530. The predicted molar refractivity (Wildman–Crippen MR) is 33.0 cm³/mol. The summed E-state index contributed by atoms with van der Waals surface area (Å²) in [6, 6.07) is 0. The van der Waals surface area contributed by atoms with E-state index in [2.05, 4.69) is 0 Å². The molecule has 0 aliphatic carbocycles. The monoisotopic (exact) mass is 113 g/mol. The third-order valence-electron chi connectivity index (χ3n) is 1.59. The van der Waals surface area contributed by atoms with E-state index < -0.39 is 0 Å². The fourth-order valence-electron chi connectivity index (χ4n) is 1.06. The van der Waals surface area contributed by atoms with Crippen LogP contribution >= 0.6 is 0 Å². The van der Waals surface area contributed by atoms with E-state index in [0.717, 1.165) is 36.3 Å². The van der Waals surface area contributed by atoms with Crippen LogP contribution < -0.4 is 0 Å². The molecule has 0 amide bonds. The van der Waals surface area contributed by atoms with Gasteiger partial charge in [0.05, 0.1) is 0 Å². The summed E-state index contributed by atoms with van der Waals surface area (Å²) >= 11 is 0. The lowest BCUT2D eigenvalue weighted by atomic mass is 10.2. The lowest BCUT2D eigenvalue weighted by molar-refractivity contribution is -0.449. The molecule has 0 aromatic rings. The molecular formula is C6H11NO. The molecule has 0 bridgehead atoms. The molecule has 1 aliphatic heterocycles. The van der Waals surface area contributed by atoms with E-state index in [1.54, 1.807) is 0 Å². The van der Waals surface area contributed by atoms with Crippen LogP contribution in [0.4, 0.5) is 0 Å². The summed E-state index contributed by atoms with van der Waals surface area (Å²) in [5.41, 5.74) is 1.07. The van der Waals surface area contributed by atoms with Crippen LogP contribution in [0.2, 0.25) is 0 Å². The first-order valence-corrected chi connectivity index (χ1v) is 3.14. The Morgan fingerprint density at radius 3 is 2.75 bits per heavy atom. The SMILES string of the molecule is CCC1=[N+]([O-])CCC1. The van der Waals surface area contributed by atoms with Crippen LogP contribution in [-0.2, 0) is 0 Å². The van der Waals surface area contributed by atoms with Crippen molar-refractivity contribution in [2.24, 2.45) is 0 Å². The maximum absolute atomic E-state index is 10.7. The van der Waals surface area contributed by atoms with Crippen LogP contribution in [0.25, 0.3) is 0 Å². The molecule has 0 fully saturated rings. The molecule has 0 aromatic carbocycles. The van der Waals surface area contributed by atoms with E-state index in [1.165, 1.54) is 0 Å². The van der Waals surface area contributed by atoms with Gasteiger partial charge in [0.15, 0.2) is 12.3 Å². The fourth-order valence-corrected chi connectivity index (χ4v) is 1.06. The van der Waals surface area contributed by atoms with Crippen molar-refractivity contribution in [1.29, 1.82) is 0 Å². The highest BCUT2D eigenvalue weighted by atomic mass is 16.5. The van der Waals surface area contributed by atoms with Crippen molar-refractivity contribution < 1.29 is 4.74 Å². The Balaban J connectivity index is 2.58. The average Bonchev–Trinajstić information content (AvgIpc) is 2.14. The first kappa shape index (κ1) is 5.60. The lowest BCUT2D eigenvalue weighted by Crippen LogP contribution is -2.05. The fraction of sp³-hybridized carbons (Fsp3) is 0.833. The normalized spacial score (nSPS) is 20.1. The van der Waals surface area contributed by atoms with Gasteiger partial charge in [-0.2, -0.15) is 0 Å². The van der Waals surface area contributed by atoms with Gasteiger partial charge in [0, 0.05) is 19.3 Å². The van der Waals surface area contributed by atoms with Gasteiger partial charge in [-0.1, -0.05) is 6.92 Å². The van der Waals surface area contributed by atoms with E-state index in [-0.39, 0.29) is 0 Å². The molecular weight excluding hydrogens is 102 g/mol. The second-order valence-electron chi connectivity index (χ2n) is 2.13. The van der Waals surface area contributed by atoms with Crippen LogP contribution in [0.1, 0.15) is 26.2 Å². The minimum atomic E-state index is 0.725. The van der Waals surface area contributed by atoms with Crippen molar-refractivity contribution in [2.75, 3.05) is 6.54 Å². The Bertz CT molecular complexity index is 118. The van der Waals surface area contributed by atoms with E-state index >= 15 is 0 Å². The van der Waals surface area contributed by atoms with Gasteiger partial charge in [0.2, 0.25) is 0 Å². The van der Waals surface area contributed by atoms with Crippen LogP contribution in [0.15, 0.2) is 0 Å². The first-order chi connectivity index (χ1) is 3.84. The van der Waals surface area contributed by atoms with Crippen molar-refractivity contribution in [3.05, 3.63) is 5.21 Å². The Morgan fingerprint density at radius 1 is 1.75 bits per heavy atom. The molecule has 0 atom stereocenters. The van der Waals surface area contributed by atoms with Crippen LogP contribution in [-0.4, -0.2) is 17.0 Å². The minimum absolute atomic E-state index is 0.725. The van der Waals surface area contributed by atoms with Gasteiger partial charge < -0.3 is 5.21 Å². The van der Waals surface area contributed by atoms with E-state index in [4.69, 9.17) is 0 Å². The largest absolute Gasteiger partial charge is 0.624 e. The van der Waals surface area contributed by atoms with Crippen molar-refractivity contribution >= 4 is 5.71 Å². The van der Waals surface area contributed by atoms with Crippen LogP contribution in [0.5, 0.6) is 0 Å². The van der Waals surface area contributed by atoms with Crippen molar-refractivity contribution in [3.63, 3.8) is 0 Å². The van der Waals surface area contributed by atoms with Crippen molar-refractivity contribution in [3.8, 4) is 0 Å². The van der Waals surface area contributed by atoms with Gasteiger partial charge in [0.1, 0.15) is 0 Å². The summed E-state index contributed by atoms with van der Waals surface area (Å²) < 4.78 is 1.12. The predicted octanol–water partition coefficient (Wildman–Crippen LogP) is 1.14. The van der Waals surface area contributed by atoms with Crippen LogP contribution in [0, 0.1) is 5.21 Å². The summed E-state index contributed by atoms with van der Waals surface area (Å²) in [5, 5.41) is 10.7. The third-order valence-corrected chi connectivity index (χ3v) is 1.59. The van der Waals surface area contributed by atoms with Gasteiger partial charge in [-0.25, -0.2) is 4.74 Å². The van der Waals surface area contributed by atoms with Gasteiger partial charge in [-0.3, -0.25) is 0 Å². The zero-order valence-corrected chi connectivity index (χ0v) is 5.18. The molecule has 46 valence electrons. The summed E-state index contributed by atoms with van der Waals surface area (Å²) in [6.07, 6.45) is 3.02. The minimum Gasteiger partial charge on any atom is -0.624 e. The Labute approximate surface area is 49.4 Å². The molecule has 0 saturated heterocycles. The molecule has 1 heterocycles. The van der Waals surface area contributed by atoms with E-state index in [0.29, 0.717) is 0 Å². The highest BCUT2D eigenvalue weighted by Crippen LogP contribution is 2.04. The van der Waals surface area contributed by atoms with E-state index in [9.17, 15) is 5.21 Å². The van der Waals surface area contributed by atoms with Crippen LogP contribution in [0.3, 0.4) is 0 Å². The molecule has 0 spiro atoms. The molecule has 0 aromatic heterocycles. The molecule has 0 unspecified atom stereocenters. The van der Waals surface area contributed by atoms with Crippen molar-refractivity contribution in [1.82, 2.24) is 0 Å². The van der Waals surface area contributed by atoms with E-state index in [1.807, 2.05) is 6.92 Å². The molecule has 2 nitrogen and oxygen atoms in total. The third kappa shape index (κ3) is 0.831. The Morgan fingerprint density at radius 2 is 2.50 bits per heavy atom. The number of hydroxylamine groups is 1. The summed E-state index contributed by atoms with van der Waals surface area (Å²) in [7, 11) is 0. The zero-order valence-electron chi connectivity index (χ0n) is 5.18. The average molecular weight is 113 g/mol. The smallest absolute Gasteiger partial charge is 0.163 e. The van der Waals surface area contributed by atoms with Gasteiger partial charge in [-0.05, 0) is 0 Å². The number of nitrogens with zero attached hydrogens (tertiary/aromatic N) is 1. The molecule has 2 heteroatoms. The highest BCUT2D eigenvalue weighted by molar-refractivity contribution is 5.80. The molecule has 1 aliphatic rings. The maximum atomic E-state index is 10.7. The zero-order chi connectivity index (χ0) is 5.98. The molecule has 8 heavy (non-hydrogen) atoms. The number of hydrogen-bond donors (Lipinski definition) is 0. The molecule has 1 rings (SSSR count). The molecule has 0 radical (unpaired) electrons.